The molecule has 32 heavy (non-hydrogen) atoms. The second-order valence-corrected chi connectivity index (χ2v) is 7.93. The van der Waals surface area contributed by atoms with Crippen molar-refractivity contribution in [1.82, 2.24) is 24.5 Å². The van der Waals surface area contributed by atoms with Gasteiger partial charge >= 0.3 is 6.61 Å². The highest BCUT2D eigenvalue weighted by Gasteiger charge is 2.33. The van der Waals surface area contributed by atoms with Gasteiger partial charge in [-0.15, -0.1) is 0 Å². The summed E-state index contributed by atoms with van der Waals surface area (Å²) in [5.74, 6) is -0.908. The first-order valence-corrected chi connectivity index (χ1v) is 10.1. The molecule has 1 aliphatic heterocycles. The fourth-order valence-corrected chi connectivity index (χ4v) is 4.04. The number of hydrogen-bond donors (Lipinski definition) is 0. The van der Waals surface area contributed by atoms with E-state index in [4.69, 9.17) is 11.6 Å². The Morgan fingerprint density at radius 3 is 2.75 bits per heavy atom. The molecule has 2 aromatic heterocycles. The Balaban J connectivity index is 1.64. The van der Waals surface area contributed by atoms with Gasteiger partial charge in [0.25, 0.3) is 18.1 Å². The predicted octanol–water partition coefficient (Wildman–Crippen LogP) is 4.58. The van der Waals surface area contributed by atoms with Gasteiger partial charge in [-0.2, -0.15) is 18.9 Å². The Hall–Kier alpha value is -2.95. The zero-order valence-electron chi connectivity index (χ0n) is 16.8. The minimum Gasteiger partial charge on any atom is -0.433 e. The van der Waals surface area contributed by atoms with Gasteiger partial charge in [0.15, 0.2) is 0 Å². The van der Waals surface area contributed by atoms with Crippen molar-refractivity contribution >= 4 is 23.3 Å². The van der Waals surface area contributed by atoms with Crippen molar-refractivity contribution in [3.8, 4) is 5.75 Å². The lowest BCUT2D eigenvalue weighted by molar-refractivity contribution is -0.0498. The molecule has 170 valence electrons. The summed E-state index contributed by atoms with van der Waals surface area (Å²) in [6, 6.07) is 5.19. The largest absolute Gasteiger partial charge is 0.433 e. The van der Waals surface area contributed by atoms with Crippen LogP contribution in [0.3, 0.4) is 0 Å². The molecule has 1 amide bonds. The number of amides is 1. The molecule has 0 bridgehead atoms. The molecule has 7 nitrogen and oxygen atoms in total. The minimum atomic E-state index is -3.08. The molecule has 1 aliphatic rings. The average Bonchev–Trinajstić information content (AvgIpc) is 3.23. The smallest absolute Gasteiger partial charge is 0.387 e. The second-order valence-electron chi connectivity index (χ2n) is 7.53. The van der Waals surface area contributed by atoms with Crippen LogP contribution in [0.1, 0.15) is 47.4 Å². The number of likely N-dealkylation sites (tertiary alicyclic amines) is 1. The summed E-state index contributed by atoms with van der Waals surface area (Å²) in [6.07, 6.45) is -0.947. The van der Waals surface area contributed by atoms with Crippen LogP contribution in [-0.4, -0.2) is 50.1 Å². The van der Waals surface area contributed by atoms with Gasteiger partial charge in [0.05, 0.1) is 10.7 Å². The SMILES string of the molecule is C[C@@H]1CCN(C(=O)c2ccc(Cl)c(OC(F)F)c2)C[C@H]1c1cc(C(F)F)nc2ncnn12. The molecule has 4 rings (SSSR count). The summed E-state index contributed by atoms with van der Waals surface area (Å²) < 4.78 is 57.7. The van der Waals surface area contributed by atoms with Crippen LogP contribution in [0.5, 0.6) is 5.75 Å². The fourth-order valence-electron chi connectivity index (χ4n) is 3.87. The van der Waals surface area contributed by atoms with Crippen molar-refractivity contribution < 1.29 is 27.1 Å². The lowest BCUT2D eigenvalue weighted by atomic mass is 9.84. The molecule has 12 heteroatoms. The van der Waals surface area contributed by atoms with Crippen LogP contribution in [0.25, 0.3) is 5.78 Å². The maximum Gasteiger partial charge on any atom is 0.387 e. The van der Waals surface area contributed by atoms with Crippen molar-refractivity contribution in [2.24, 2.45) is 5.92 Å². The Morgan fingerprint density at radius 1 is 1.25 bits per heavy atom. The zero-order chi connectivity index (χ0) is 23.0. The lowest BCUT2D eigenvalue weighted by Gasteiger charge is -2.37. The molecular weight excluding hydrogens is 454 g/mol. The fraction of sp³-hybridized carbons (Fsp3) is 0.400. The number of nitrogens with zero attached hydrogens (tertiary/aromatic N) is 5. The Morgan fingerprint density at radius 2 is 2.03 bits per heavy atom. The third-order valence-corrected chi connectivity index (χ3v) is 5.85. The number of hydrogen-bond acceptors (Lipinski definition) is 5. The van der Waals surface area contributed by atoms with Crippen LogP contribution < -0.4 is 4.74 Å². The number of fused-ring (bicyclic) bond motifs is 1. The van der Waals surface area contributed by atoms with Gasteiger partial charge in [-0.05, 0) is 36.6 Å². The highest BCUT2D eigenvalue weighted by Crippen LogP contribution is 2.35. The van der Waals surface area contributed by atoms with Crippen molar-refractivity contribution in [2.45, 2.75) is 32.3 Å². The van der Waals surface area contributed by atoms with E-state index in [0.29, 0.717) is 18.7 Å². The molecule has 1 fully saturated rings. The molecule has 1 aromatic carbocycles. The van der Waals surface area contributed by atoms with E-state index in [1.54, 1.807) is 4.90 Å². The van der Waals surface area contributed by atoms with Crippen LogP contribution in [0.4, 0.5) is 17.6 Å². The summed E-state index contributed by atoms with van der Waals surface area (Å²) in [5.41, 5.74) is 0.195. The van der Waals surface area contributed by atoms with E-state index in [2.05, 4.69) is 19.8 Å². The van der Waals surface area contributed by atoms with Crippen LogP contribution in [0.15, 0.2) is 30.6 Å². The van der Waals surface area contributed by atoms with Crippen molar-refractivity contribution in [3.63, 3.8) is 0 Å². The van der Waals surface area contributed by atoms with E-state index in [9.17, 15) is 22.4 Å². The maximum atomic E-state index is 13.4. The first-order valence-electron chi connectivity index (χ1n) is 9.77. The molecule has 3 heterocycles. The molecule has 0 radical (unpaired) electrons. The standard InChI is InChI=1S/C20H18ClF4N5O2/c1-10-4-5-29(18(31)11-2-3-13(21)16(6-11)32-19(24)25)8-12(10)15-7-14(17(22)23)28-20-26-9-27-30(15)20/h2-3,6-7,9-10,12,17,19H,4-5,8H2,1H3/t10-,12-/m1/s1. The molecule has 0 aliphatic carbocycles. The van der Waals surface area contributed by atoms with Crippen molar-refractivity contribution in [1.29, 1.82) is 0 Å². The number of benzene rings is 1. The third-order valence-electron chi connectivity index (χ3n) is 5.54. The van der Waals surface area contributed by atoms with Gasteiger partial charge < -0.3 is 9.64 Å². The molecule has 1 saturated heterocycles. The van der Waals surface area contributed by atoms with Gasteiger partial charge in [0.2, 0.25) is 0 Å². The van der Waals surface area contributed by atoms with Crippen LogP contribution in [0.2, 0.25) is 5.02 Å². The molecule has 3 aromatic rings. The Bertz CT molecular complexity index is 1140. The number of alkyl halides is 4. The van der Waals surface area contributed by atoms with Gasteiger partial charge in [0, 0.05) is 24.6 Å². The zero-order valence-corrected chi connectivity index (χ0v) is 17.5. The summed E-state index contributed by atoms with van der Waals surface area (Å²) in [7, 11) is 0. The highest BCUT2D eigenvalue weighted by atomic mass is 35.5. The summed E-state index contributed by atoms with van der Waals surface area (Å²) in [5, 5.41) is 4.05. The normalized spacial score (nSPS) is 19.2. The lowest BCUT2D eigenvalue weighted by Crippen LogP contribution is -2.42. The third kappa shape index (κ3) is 4.34. The topological polar surface area (TPSA) is 72.6 Å². The van der Waals surface area contributed by atoms with Gasteiger partial charge in [-0.25, -0.2) is 18.3 Å². The maximum absolute atomic E-state index is 13.4. The highest BCUT2D eigenvalue weighted by molar-refractivity contribution is 6.32. The van der Waals surface area contributed by atoms with Crippen molar-refractivity contribution in [2.75, 3.05) is 13.1 Å². The monoisotopic (exact) mass is 471 g/mol. The average molecular weight is 472 g/mol. The van der Waals surface area contributed by atoms with Crippen LogP contribution in [0, 0.1) is 5.92 Å². The number of ether oxygens (including phenoxy) is 1. The molecular formula is C20H18ClF4N5O2. The van der Waals surface area contributed by atoms with E-state index < -0.39 is 24.6 Å². The second kappa shape index (κ2) is 8.89. The Labute approximate surface area is 185 Å². The first kappa shape index (κ1) is 22.3. The predicted molar refractivity (Wildman–Crippen MR) is 106 cm³/mol. The number of carbonyl (C=O) groups is 1. The molecule has 0 spiro atoms. The summed E-state index contributed by atoms with van der Waals surface area (Å²) in [6.45, 7) is -0.486. The van der Waals surface area contributed by atoms with Crippen LogP contribution in [-0.2, 0) is 0 Å². The van der Waals surface area contributed by atoms with E-state index in [1.165, 1.54) is 35.1 Å². The van der Waals surface area contributed by atoms with Crippen molar-refractivity contribution in [3.05, 3.63) is 52.6 Å². The summed E-state index contributed by atoms with van der Waals surface area (Å²) >= 11 is 5.87. The number of rotatable bonds is 5. The van der Waals surface area contributed by atoms with E-state index in [-0.39, 0.29) is 40.5 Å². The molecule has 0 N–H and O–H groups in total. The van der Waals surface area contributed by atoms with Gasteiger partial charge in [0.1, 0.15) is 17.8 Å². The quantitative estimate of drug-likeness (QED) is 0.509. The molecule has 2 atom stereocenters. The number of halogens is 5. The van der Waals surface area contributed by atoms with Crippen LogP contribution >= 0.6 is 11.6 Å². The summed E-state index contributed by atoms with van der Waals surface area (Å²) in [4.78, 5) is 22.4. The number of aromatic nitrogens is 4. The minimum absolute atomic E-state index is 0.0446. The Kier molecular flexibility index (Phi) is 6.18. The first-order chi connectivity index (χ1) is 15.2. The molecule has 0 saturated carbocycles. The molecule has 0 unspecified atom stereocenters. The van der Waals surface area contributed by atoms with E-state index in [1.807, 2.05) is 6.92 Å². The van der Waals surface area contributed by atoms with Gasteiger partial charge in [-0.3, -0.25) is 4.79 Å². The number of carbonyl (C=O) groups excluding carboxylic acids is 1. The van der Waals surface area contributed by atoms with Gasteiger partial charge in [-0.1, -0.05) is 18.5 Å². The van der Waals surface area contributed by atoms with E-state index in [0.717, 1.165) is 0 Å². The van der Waals surface area contributed by atoms with E-state index >= 15 is 0 Å². The number of piperidine rings is 1.